The van der Waals surface area contributed by atoms with Crippen molar-refractivity contribution in [3.8, 4) is 0 Å². The lowest BCUT2D eigenvalue weighted by atomic mass is 10.0. The number of primary amides is 1. The topological polar surface area (TPSA) is 115 Å². The predicted molar refractivity (Wildman–Crippen MR) is 100 cm³/mol. The van der Waals surface area contributed by atoms with E-state index < -0.39 is 10.8 Å². The van der Waals surface area contributed by atoms with E-state index in [-0.39, 0.29) is 29.0 Å². The summed E-state index contributed by atoms with van der Waals surface area (Å²) in [5, 5.41) is 14.1. The van der Waals surface area contributed by atoms with Crippen molar-refractivity contribution < 1.29 is 14.5 Å². The summed E-state index contributed by atoms with van der Waals surface area (Å²) in [7, 11) is 0. The van der Waals surface area contributed by atoms with E-state index in [2.05, 4.69) is 5.32 Å². The molecule has 0 bridgehead atoms. The van der Waals surface area contributed by atoms with Crippen LogP contribution in [0.15, 0.2) is 47.4 Å². The number of thioether (sulfide) groups is 1. The quantitative estimate of drug-likeness (QED) is 0.440. The maximum atomic E-state index is 12.2. The number of nitrogens with two attached hydrogens (primary N) is 1. The fourth-order valence-electron chi connectivity index (χ4n) is 2.51. The number of aryl methyl sites for hydroxylation is 1. The molecule has 0 aromatic heterocycles. The van der Waals surface area contributed by atoms with E-state index in [0.717, 1.165) is 29.0 Å². The summed E-state index contributed by atoms with van der Waals surface area (Å²) in [4.78, 5) is 34.2. The number of hydrogen-bond acceptors (Lipinski definition) is 5. The monoisotopic (exact) mass is 373 g/mol. The highest BCUT2D eigenvalue weighted by Crippen LogP contribution is 2.30. The molecule has 2 rings (SSSR count). The Balaban J connectivity index is 2.04. The van der Waals surface area contributed by atoms with Gasteiger partial charge in [0, 0.05) is 11.6 Å². The van der Waals surface area contributed by atoms with Crippen LogP contribution < -0.4 is 11.1 Å². The summed E-state index contributed by atoms with van der Waals surface area (Å²) in [6.45, 7) is 3.85. The smallest absolute Gasteiger partial charge is 0.283 e. The largest absolute Gasteiger partial charge is 0.366 e. The van der Waals surface area contributed by atoms with Gasteiger partial charge in [0.1, 0.15) is 0 Å². The molecule has 0 saturated heterocycles. The summed E-state index contributed by atoms with van der Waals surface area (Å²) < 4.78 is 0. The molecular weight excluding hydrogens is 354 g/mol. The highest BCUT2D eigenvalue weighted by atomic mass is 32.2. The lowest BCUT2D eigenvalue weighted by molar-refractivity contribution is -0.387. The number of nitrogens with zero attached hydrogens (tertiary/aromatic N) is 1. The van der Waals surface area contributed by atoms with E-state index >= 15 is 0 Å². The van der Waals surface area contributed by atoms with Crippen molar-refractivity contribution >= 4 is 29.3 Å². The maximum absolute atomic E-state index is 12.2. The van der Waals surface area contributed by atoms with E-state index in [1.54, 1.807) is 0 Å². The number of nitro benzene ring substituents is 1. The van der Waals surface area contributed by atoms with Gasteiger partial charge in [0.05, 0.1) is 21.6 Å². The van der Waals surface area contributed by atoms with Crippen molar-refractivity contribution in [2.75, 3.05) is 5.75 Å². The molecule has 0 saturated carbocycles. The van der Waals surface area contributed by atoms with Gasteiger partial charge >= 0.3 is 0 Å². The molecule has 7 nitrogen and oxygen atoms in total. The normalized spacial score (nSPS) is 11.6. The van der Waals surface area contributed by atoms with Crippen LogP contribution in [-0.2, 0) is 4.79 Å². The third-order valence-corrected chi connectivity index (χ3v) is 4.89. The average molecular weight is 373 g/mol. The Labute approximate surface area is 155 Å². The number of rotatable bonds is 7. The summed E-state index contributed by atoms with van der Waals surface area (Å²) in [5.74, 6) is -0.957. The Morgan fingerprint density at radius 1 is 1.27 bits per heavy atom. The van der Waals surface area contributed by atoms with Gasteiger partial charge < -0.3 is 11.1 Å². The van der Waals surface area contributed by atoms with Crippen LogP contribution in [-0.4, -0.2) is 22.5 Å². The molecule has 0 aliphatic rings. The van der Waals surface area contributed by atoms with Crippen molar-refractivity contribution in [2.45, 2.75) is 24.8 Å². The summed E-state index contributed by atoms with van der Waals surface area (Å²) in [5.41, 5.74) is 7.05. The molecule has 0 radical (unpaired) electrons. The van der Waals surface area contributed by atoms with Crippen LogP contribution >= 0.6 is 11.8 Å². The lowest BCUT2D eigenvalue weighted by Gasteiger charge is -2.16. The molecule has 26 heavy (non-hydrogen) atoms. The SMILES string of the molecule is Cc1ccccc1C(C)NC(=O)CSc1ccc(C(N)=O)cc1[N+](=O)[O-]. The molecule has 1 atom stereocenters. The van der Waals surface area contributed by atoms with Crippen LogP contribution in [0.2, 0.25) is 0 Å². The minimum Gasteiger partial charge on any atom is -0.366 e. The Morgan fingerprint density at radius 2 is 1.96 bits per heavy atom. The van der Waals surface area contributed by atoms with Gasteiger partial charge in [0.15, 0.2) is 0 Å². The van der Waals surface area contributed by atoms with Crippen molar-refractivity contribution in [1.29, 1.82) is 0 Å². The average Bonchev–Trinajstić information content (AvgIpc) is 2.59. The second-order valence-electron chi connectivity index (χ2n) is 5.74. The van der Waals surface area contributed by atoms with Crippen LogP contribution in [0.4, 0.5) is 5.69 Å². The van der Waals surface area contributed by atoms with Crippen LogP contribution in [0.5, 0.6) is 0 Å². The molecule has 1 unspecified atom stereocenters. The summed E-state index contributed by atoms with van der Waals surface area (Å²) in [6.07, 6.45) is 0. The number of amides is 2. The zero-order chi connectivity index (χ0) is 19.3. The number of nitrogens with one attached hydrogen (secondary N) is 1. The first-order chi connectivity index (χ1) is 12.3. The van der Waals surface area contributed by atoms with Gasteiger partial charge in [-0.3, -0.25) is 19.7 Å². The van der Waals surface area contributed by atoms with Crippen molar-refractivity contribution in [2.24, 2.45) is 5.73 Å². The first-order valence-corrected chi connectivity index (χ1v) is 8.84. The Bertz CT molecular complexity index is 854. The number of hydrogen-bond donors (Lipinski definition) is 2. The Kier molecular flexibility index (Phi) is 6.35. The van der Waals surface area contributed by atoms with E-state index in [1.807, 2.05) is 38.1 Å². The van der Waals surface area contributed by atoms with Gasteiger partial charge in [-0.25, -0.2) is 0 Å². The highest BCUT2D eigenvalue weighted by Gasteiger charge is 2.19. The summed E-state index contributed by atoms with van der Waals surface area (Å²) >= 11 is 1.04. The number of nitro groups is 1. The molecule has 0 fully saturated rings. The molecule has 136 valence electrons. The third kappa shape index (κ3) is 4.82. The van der Waals surface area contributed by atoms with E-state index in [0.29, 0.717) is 4.90 Å². The van der Waals surface area contributed by atoms with Gasteiger partial charge in [-0.2, -0.15) is 0 Å². The van der Waals surface area contributed by atoms with Crippen LogP contribution in [0.1, 0.15) is 34.5 Å². The van der Waals surface area contributed by atoms with Crippen LogP contribution in [0.3, 0.4) is 0 Å². The van der Waals surface area contributed by atoms with Gasteiger partial charge in [-0.1, -0.05) is 24.3 Å². The molecule has 0 aliphatic heterocycles. The second kappa shape index (κ2) is 8.48. The summed E-state index contributed by atoms with van der Waals surface area (Å²) in [6, 6.07) is 11.5. The minimum atomic E-state index is -0.741. The predicted octanol–water partition coefficient (Wildman–Crippen LogP) is 2.97. The van der Waals surface area contributed by atoms with Gasteiger partial charge in [-0.05, 0) is 37.1 Å². The first kappa shape index (κ1) is 19.5. The molecule has 0 aliphatic carbocycles. The Morgan fingerprint density at radius 3 is 2.58 bits per heavy atom. The van der Waals surface area contributed by atoms with E-state index in [4.69, 9.17) is 5.73 Å². The highest BCUT2D eigenvalue weighted by molar-refractivity contribution is 8.00. The minimum absolute atomic E-state index is 0.0208. The van der Waals surface area contributed by atoms with Gasteiger partial charge in [0.2, 0.25) is 11.8 Å². The molecule has 2 amide bonds. The van der Waals surface area contributed by atoms with Gasteiger partial charge in [-0.15, -0.1) is 11.8 Å². The number of benzene rings is 2. The molecule has 0 spiro atoms. The second-order valence-corrected chi connectivity index (χ2v) is 6.76. The van der Waals surface area contributed by atoms with E-state index in [1.165, 1.54) is 12.1 Å². The van der Waals surface area contributed by atoms with Gasteiger partial charge in [0.25, 0.3) is 5.69 Å². The molecule has 8 heteroatoms. The van der Waals surface area contributed by atoms with E-state index in [9.17, 15) is 19.7 Å². The van der Waals surface area contributed by atoms with Crippen molar-refractivity contribution in [1.82, 2.24) is 5.32 Å². The third-order valence-electron chi connectivity index (χ3n) is 3.83. The molecule has 2 aromatic carbocycles. The van der Waals surface area contributed by atoms with Crippen molar-refractivity contribution in [3.05, 3.63) is 69.3 Å². The zero-order valence-corrected chi connectivity index (χ0v) is 15.2. The van der Waals surface area contributed by atoms with Crippen LogP contribution in [0, 0.1) is 17.0 Å². The number of carbonyl (C=O) groups is 2. The zero-order valence-electron chi connectivity index (χ0n) is 14.4. The fraction of sp³-hybridized carbons (Fsp3) is 0.222. The first-order valence-electron chi connectivity index (χ1n) is 7.85. The maximum Gasteiger partial charge on any atom is 0.283 e. The van der Waals surface area contributed by atoms with Crippen LogP contribution in [0.25, 0.3) is 0 Å². The molecule has 2 aromatic rings. The number of carbonyl (C=O) groups excluding carboxylic acids is 2. The fourth-order valence-corrected chi connectivity index (χ4v) is 3.33. The molecule has 0 heterocycles. The molecule has 3 N–H and O–H groups in total. The molecular formula is C18H19N3O4S. The standard InChI is InChI=1S/C18H19N3O4S/c1-11-5-3-4-6-14(11)12(2)20-17(22)10-26-16-8-7-13(18(19)23)9-15(16)21(24)25/h3-9,12H,10H2,1-2H3,(H2,19,23)(H,20,22). The lowest BCUT2D eigenvalue weighted by Crippen LogP contribution is -2.28. The van der Waals surface area contributed by atoms with Crippen molar-refractivity contribution in [3.63, 3.8) is 0 Å². The Hall–Kier alpha value is -2.87.